The van der Waals surface area contributed by atoms with E-state index in [0.29, 0.717) is 5.75 Å². The van der Waals surface area contributed by atoms with E-state index in [2.05, 4.69) is 5.32 Å². The smallest absolute Gasteiger partial charge is 0.264 e. The highest BCUT2D eigenvalue weighted by Crippen LogP contribution is 2.32. The van der Waals surface area contributed by atoms with Crippen molar-refractivity contribution in [3.8, 4) is 11.5 Å². The lowest BCUT2D eigenvalue weighted by atomic mass is 10.1. The SMILES string of the molecule is COc1ccc(S(=O)(=O)N(CC(=O)N[C@@H](C)c2ccc(C)cc2)c2ccc(F)cc2)cc1OC. The molecule has 7 nitrogen and oxygen atoms in total. The number of rotatable bonds is 9. The second-order valence-electron chi connectivity index (χ2n) is 7.70. The summed E-state index contributed by atoms with van der Waals surface area (Å²) in [6.07, 6.45) is 0. The number of halogens is 1. The van der Waals surface area contributed by atoms with Gasteiger partial charge in [0.05, 0.1) is 30.8 Å². The minimum atomic E-state index is -4.21. The van der Waals surface area contributed by atoms with Gasteiger partial charge in [0, 0.05) is 6.07 Å². The molecule has 1 amide bonds. The zero-order valence-corrected chi connectivity index (χ0v) is 20.2. The Hall–Kier alpha value is -3.59. The molecule has 0 spiro atoms. The van der Waals surface area contributed by atoms with E-state index in [1.54, 1.807) is 0 Å². The van der Waals surface area contributed by atoms with Crippen LogP contribution < -0.4 is 19.1 Å². The van der Waals surface area contributed by atoms with Crippen molar-refractivity contribution in [2.45, 2.75) is 24.8 Å². The van der Waals surface area contributed by atoms with E-state index in [9.17, 15) is 17.6 Å². The van der Waals surface area contributed by atoms with Crippen LogP contribution in [0.3, 0.4) is 0 Å². The molecule has 0 aliphatic heterocycles. The second-order valence-corrected chi connectivity index (χ2v) is 9.57. The molecule has 0 fully saturated rings. The molecule has 1 N–H and O–H groups in total. The lowest BCUT2D eigenvalue weighted by molar-refractivity contribution is -0.120. The monoisotopic (exact) mass is 486 g/mol. The molecule has 0 saturated carbocycles. The van der Waals surface area contributed by atoms with Gasteiger partial charge in [-0.2, -0.15) is 0 Å². The molecule has 0 aromatic heterocycles. The van der Waals surface area contributed by atoms with Crippen LogP contribution in [0.25, 0.3) is 0 Å². The average molecular weight is 487 g/mol. The molecule has 0 aliphatic carbocycles. The topological polar surface area (TPSA) is 84.9 Å². The maximum atomic E-state index is 13.6. The first kappa shape index (κ1) is 25.0. The predicted molar refractivity (Wildman–Crippen MR) is 128 cm³/mol. The third-order valence-corrected chi connectivity index (χ3v) is 7.07. The molecule has 34 heavy (non-hydrogen) atoms. The van der Waals surface area contributed by atoms with Gasteiger partial charge in [-0.15, -0.1) is 0 Å². The van der Waals surface area contributed by atoms with Crippen LogP contribution in [0, 0.1) is 12.7 Å². The molecule has 0 radical (unpaired) electrons. The summed E-state index contributed by atoms with van der Waals surface area (Å²) in [6.45, 7) is 3.28. The molecule has 0 bridgehead atoms. The van der Waals surface area contributed by atoms with Crippen LogP contribution in [0.1, 0.15) is 24.1 Å². The number of benzene rings is 3. The molecule has 3 rings (SSSR count). The van der Waals surface area contributed by atoms with Gasteiger partial charge in [-0.1, -0.05) is 29.8 Å². The molecule has 9 heteroatoms. The van der Waals surface area contributed by atoms with Gasteiger partial charge in [-0.25, -0.2) is 12.8 Å². The number of hydrogen-bond donors (Lipinski definition) is 1. The number of methoxy groups -OCH3 is 2. The molecule has 3 aromatic carbocycles. The Kier molecular flexibility index (Phi) is 7.78. The van der Waals surface area contributed by atoms with Crippen molar-refractivity contribution in [2.75, 3.05) is 25.1 Å². The fraction of sp³-hybridized carbons (Fsp3) is 0.240. The summed E-state index contributed by atoms with van der Waals surface area (Å²) in [5.74, 6) is -0.453. The van der Waals surface area contributed by atoms with E-state index in [4.69, 9.17) is 9.47 Å². The normalized spacial score (nSPS) is 12.0. The summed E-state index contributed by atoms with van der Waals surface area (Å²) in [5, 5.41) is 2.83. The van der Waals surface area contributed by atoms with Crippen molar-refractivity contribution in [2.24, 2.45) is 0 Å². The van der Waals surface area contributed by atoms with E-state index in [1.165, 1.54) is 44.6 Å². The number of anilines is 1. The summed E-state index contributed by atoms with van der Waals surface area (Å²) in [4.78, 5) is 12.8. The largest absolute Gasteiger partial charge is 0.493 e. The third kappa shape index (κ3) is 5.66. The molecule has 0 aliphatic rings. The van der Waals surface area contributed by atoms with E-state index < -0.39 is 28.3 Å². The van der Waals surface area contributed by atoms with Crippen molar-refractivity contribution >= 4 is 21.6 Å². The summed E-state index contributed by atoms with van der Waals surface area (Å²) in [5.41, 5.74) is 2.12. The highest BCUT2D eigenvalue weighted by molar-refractivity contribution is 7.92. The molecular weight excluding hydrogens is 459 g/mol. The molecule has 0 heterocycles. The van der Waals surface area contributed by atoms with Crippen LogP contribution in [-0.2, 0) is 14.8 Å². The number of aryl methyl sites for hydroxylation is 1. The first-order valence-electron chi connectivity index (χ1n) is 10.5. The van der Waals surface area contributed by atoms with Crippen LogP contribution in [0.2, 0.25) is 0 Å². The Morgan fingerprint density at radius 2 is 1.59 bits per heavy atom. The number of nitrogens with one attached hydrogen (secondary N) is 1. The van der Waals surface area contributed by atoms with Gasteiger partial charge in [0.25, 0.3) is 10.0 Å². The van der Waals surface area contributed by atoms with Gasteiger partial charge in [-0.05, 0) is 55.8 Å². The molecule has 1 atom stereocenters. The third-order valence-electron chi connectivity index (χ3n) is 5.30. The average Bonchev–Trinajstić information content (AvgIpc) is 2.83. The second kappa shape index (κ2) is 10.6. The van der Waals surface area contributed by atoms with Crippen molar-refractivity contribution in [1.29, 1.82) is 0 Å². The molecular formula is C25H27FN2O5S. The van der Waals surface area contributed by atoms with Crippen LogP contribution in [0.15, 0.2) is 71.6 Å². The maximum absolute atomic E-state index is 13.6. The van der Waals surface area contributed by atoms with Crippen LogP contribution >= 0.6 is 0 Å². The predicted octanol–water partition coefficient (Wildman–Crippen LogP) is 4.22. The number of nitrogens with zero attached hydrogens (tertiary/aromatic N) is 1. The zero-order chi connectivity index (χ0) is 24.9. The first-order valence-corrected chi connectivity index (χ1v) is 12.0. The molecule has 0 unspecified atom stereocenters. The standard InChI is InChI=1S/C25H27FN2O5S/c1-17-5-7-19(8-6-17)18(2)27-25(29)16-28(21-11-9-20(26)10-12-21)34(30,31)22-13-14-23(32-3)24(15-22)33-4/h5-15,18H,16H2,1-4H3,(H,27,29)/t18-/m0/s1. The number of sulfonamides is 1. The number of hydrogen-bond acceptors (Lipinski definition) is 5. The Bertz CT molecular complexity index is 1250. The van der Waals surface area contributed by atoms with Crippen molar-refractivity contribution in [1.82, 2.24) is 5.32 Å². The van der Waals surface area contributed by atoms with Gasteiger partial charge in [0.15, 0.2) is 11.5 Å². The quantitative estimate of drug-likeness (QED) is 0.490. The highest BCUT2D eigenvalue weighted by Gasteiger charge is 2.29. The van der Waals surface area contributed by atoms with Crippen molar-refractivity contribution in [3.05, 3.63) is 83.7 Å². The summed E-state index contributed by atoms with van der Waals surface area (Å²) in [7, 11) is -1.38. The summed E-state index contributed by atoms with van der Waals surface area (Å²) in [6, 6.07) is 16.4. The highest BCUT2D eigenvalue weighted by atomic mass is 32.2. The number of carbonyl (C=O) groups is 1. The van der Waals surface area contributed by atoms with Gasteiger partial charge in [0.2, 0.25) is 5.91 Å². The van der Waals surface area contributed by atoms with Gasteiger partial charge >= 0.3 is 0 Å². The van der Waals surface area contributed by atoms with E-state index in [0.717, 1.165) is 27.6 Å². The zero-order valence-electron chi connectivity index (χ0n) is 19.4. The maximum Gasteiger partial charge on any atom is 0.264 e. The van der Waals surface area contributed by atoms with Crippen LogP contribution in [0.5, 0.6) is 11.5 Å². The minimum absolute atomic E-state index is 0.103. The van der Waals surface area contributed by atoms with Crippen molar-refractivity contribution < 1.29 is 27.1 Å². The lowest BCUT2D eigenvalue weighted by Gasteiger charge is -2.25. The fourth-order valence-electron chi connectivity index (χ4n) is 3.38. The van der Waals surface area contributed by atoms with Crippen LogP contribution in [0.4, 0.5) is 10.1 Å². The molecule has 3 aromatic rings. The Labute approximate surface area is 199 Å². The van der Waals surface area contributed by atoms with Crippen LogP contribution in [-0.4, -0.2) is 35.1 Å². The van der Waals surface area contributed by atoms with Gasteiger partial charge in [0.1, 0.15) is 12.4 Å². The van der Waals surface area contributed by atoms with E-state index in [1.807, 2.05) is 38.1 Å². The van der Waals surface area contributed by atoms with E-state index >= 15 is 0 Å². The Morgan fingerprint density at radius 3 is 2.18 bits per heavy atom. The lowest BCUT2D eigenvalue weighted by Crippen LogP contribution is -2.41. The van der Waals surface area contributed by atoms with Crippen molar-refractivity contribution in [3.63, 3.8) is 0 Å². The number of carbonyl (C=O) groups excluding carboxylic acids is 1. The minimum Gasteiger partial charge on any atom is -0.493 e. The van der Waals surface area contributed by atoms with Gasteiger partial charge in [-0.3, -0.25) is 9.10 Å². The van der Waals surface area contributed by atoms with Gasteiger partial charge < -0.3 is 14.8 Å². The fourth-order valence-corrected chi connectivity index (χ4v) is 4.82. The molecule has 180 valence electrons. The summed E-state index contributed by atoms with van der Waals surface area (Å²) < 4.78 is 52.0. The molecule has 0 saturated heterocycles. The number of amides is 1. The Balaban J connectivity index is 1.93. The Morgan fingerprint density at radius 1 is 0.971 bits per heavy atom. The van der Waals surface area contributed by atoms with E-state index in [-0.39, 0.29) is 22.4 Å². The number of ether oxygens (including phenoxy) is 2. The first-order chi connectivity index (χ1) is 16.1. The summed E-state index contributed by atoms with van der Waals surface area (Å²) >= 11 is 0.